The maximum atomic E-state index is 13.6. The van der Waals surface area contributed by atoms with Crippen LogP contribution in [-0.2, 0) is 0 Å². The van der Waals surface area contributed by atoms with Gasteiger partial charge in [0.15, 0.2) is 11.5 Å². The van der Waals surface area contributed by atoms with Crippen LogP contribution in [0.5, 0.6) is 17.4 Å². The predicted molar refractivity (Wildman–Crippen MR) is 167 cm³/mol. The number of nitro groups is 2. The Hall–Kier alpha value is -5.96. The molecular formula is C30H19BrN6O8. The molecule has 0 aliphatic carbocycles. The summed E-state index contributed by atoms with van der Waals surface area (Å²) in [5.74, 6) is -0.00353. The molecular weight excluding hydrogens is 652 g/mol. The highest BCUT2D eigenvalue weighted by molar-refractivity contribution is 9.10. The van der Waals surface area contributed by atoms with Crippen molar-refractivity contribution in [1.29, 1.82) is 0 Å². The van der Waals surface area contributed by atoms with E-state index in [1.165, 1.54) is 24.4 Å². The Morgan fingerprint density at radius 1 is 1.04 bits per heavy atom. The van der Waals surface area contributed by atoms with Crippen LogP contribution >= 0.6 is 15.9 Å². The molecule has 0 fully saturated rings. The minimum absolute atomic E-state index is 0.0135. The van der Waals surface area contributed by atoms with Gasteiger partial charge in [0.1, 0.15) is 11.8 Å². The van der Waals surface area contributed by atoms with E-state index in [9.17, 15) is 25.0 Å². The van der Waals surface area contributed by atoms with Crippen molar-refractivity contribution in [3.8, 4) is 29.0 Å². The van der Waals surface area contributed by atoms with Gasteiger partial charge in [0.05, 0.1) is 33.6 Å². The molecule has 0 N–H and O–H groups in total. The SMILES string of the molecule is CCOc1cc(C=Nn2c(-c3cc4cc(Br)ccc4o3)nc3ccccc3c2=O)cc([N+](=O)[O-])c1Oc1ccc([N+](=O)[O-])cn1. The van der Waals surface area contributed by atoms with Gasteiger partial charge in [-0.05, 0) is 49.4 Å². The largest absolute Gasteiger partial charge is 0.490 e. The fourth-order valence-corrected chi connectivity index (χ4v) is 4.85. The van der Waals surface area contributed by atoms with Gasteiger partial charge in [-0.15, -0.1) is 0 Å². The number of nitrogens with zero attached hydrogens (tertiary/aromatic N) is 6. The molecule has 45 heavy (non-hydrogen) atoms. The molecule has 0 saturated heterocycles. The summed E-state index contributed by atoms with van der Waals surface area (Å²) in [6, 6.07) is 19.0. The van der Waals surface area contributed by atoms with E-state index in [1.54, 1.807) is 43.3 Å². The smallest absolute Gasteiger partial charge is 0.316 e. The predicted octanol–water partition coefficient (Wildman–Crippen LogP) is 6.86. The normalized spacial score (nSPS) is 11.3. The first kappa shape index (κ1) is 29.1. The number of furan rings is 1. The molecule has 224 valence electrons. The zero-order valence-corrected chi connectivity index (χ0v) is 24.7. The summed E-state index contributed by atoms with van der Waals surface area (Å²) < 4.78 is 19.2. The Bertz CT molecular complexity index is 2210. The van der Waals surface area contributed by atoms with Gasteiger partial charge in [-0.1, -0.05) is 28.1 Å². The molecule has 15 heteroatoms. The maximum Gasteiger partial charge on any atom is 0.316 e. The van der Waals surface area contributed by atoms with Crippen molar-refractivity contribution in [2.75, 3.05) is 6.61 Å². The van der Waals surface area contributed by atoms with Gasteiger partial charge in [0.25, 0.3) is 11.2 Å². The van der Waals surface area contributed by atoms with Crippen LogP contribution in [0.1, 0.15) is 12.5 Å². The molecule has 0 bridgehead atoms. The van der Waals surface area contributed by atoms with E-state index in [2.05, 4.69) is 31.0 Å². The quantitative estimate of drug-likeness (QED) is 0.0896. The molecule has 3 heterocycles. The van der Waals surface area contributed by atoms with Crippen LogP contribution < -0.4 is 15.0 Å². The first-order valence-corrected chi connectivity index (χ1v) is 14.0. The Labute approximate surface area is 260 Å². The summed E-state index contributed by atoms with van der Waals surface area (Å²) in [4.78, 5) is 43.9. The summed E-state index contributed by atoms with van der Waals surface area (Å²) in [5, 5.41) is 28.5. The van der Waals surface area contributed by atoms with E-state index >= 15 is 0 Å². The van der Waals surface area contributed by atoms with Gasteiger partial charge in [-0.2, -0.15) is 9.78 Å². The molecule has 0 radical (unpaired) electrons. The highest BCUT2D eigenvalue weighted by Gasteiger charge is 2.24. The lowest BCUT2D eigenvalue weighted by Gasteiger charge is -2.12. The monoisotopic (exact) mass is 670 g/mol. The molecule has 3 aromatic heterocycles. The summed E-state index contributed by atoms with van der Waals surface area (Å²) in [6.45, 7) is 1.81. The number of fused-ring (bicyclic) bond motifs is 2. The van der Waals surface area contributed by atoms with E-state index in [0.717, 1.165) is 26.8 Å². The van der Waals surface area contributed by atoms with Gasteiger partial charge < -0.3 is 13.9 Å². The lowest BCUT2D eigenvalue weighted by atomic mass is 10.2. The molecule has 6 rings (SSSR count). The van der Waals surface area contributed by atoms with Crippen LogP contribution in [0.15, 0.2) is 97.8 Å². The highest BCUT2D eigenvalue weighted by Crippen LogP contribution is 2.41. The number of aromatic nitrogens is 3. The van der Waals surface area contributed by atoms with E-state index < -0.39 is 21.1 Å². The van der Waals surface area contributed by atoms with Crippen LogP contribution in [0.4, 0.5) is 11.4 Å². The van der Waals surface area contributed by atoms with Crippen molar-refractivity contribution in [3.05, 3.63) is 120 Å². The van der Waals surface area contributed by atoms with Crippen molar-refractivity contribution in [3.63, 3.8) is 0 Å². The summed E-state index contributed by atoms with van der Waals surface area (Å²) in [6.07, 6.45) is 2.22. The molecule has 3 aromatic carbocycles. The Balaban J connectivity index is 1.46. The Kier molecular flexibility index (Phi) is 7.75. The van der Waals surface area contributed by atoms with Gasteiger partial charge in [-0.25, -0.2) is 9.97 Å². The van der Waals surface area contributed by atoms with Crippen molar-refractivity contribution in [2.45, 2.75) is 6.92 Å². The molecule has 0 spiro atoms. The van der Waals surface area contributed by atoms with Crippen LogP contribution in [0.2, 0.25) is 0 Å². The Morgan fingerprint density at radius 3 is 2.60 bits per heavy atom. The van der Waals surface area contributed by atoms with E-state index in [1.807, 2.05) is 12.1 Å². The number of para-hydroxylation sites is 1. The lowest BCUT2D eigenvalue weighted by molar-refractivity contribution is -0.385. The average Bonchev–Trinajstić information content (AvgIpc) is 3.45. The molecule has 6 aromatic rings. The number of nitro benzene ring substituents is 1. The van der Waals surface area contributed by atoms with Crippen LogP contribution in [-0.4, -0.2) is 37.3 Å². The molecule has 14 nitrogen and oxygen atoms in total. The molecule has 0 saturated carbocycles. The first-order valence-electron chi connectivity index (χ1n) is 13.2. The fourth-order valence-electron chi connectivity index (χ4n) is 4.47. The number of hydrogen-bond acceptors (Lipinski definition) is 11. The zero-order valence-electron chi connectivity index (χ0n) is 23.1. The third-order valence-electron chi connectivity index (χ3n) is 6.47. The summed E-state index contributed by atoms with van der Waals surface area (Å²) in [5.41, 5.74) is -0.0512. The zero-order chi connectivity index (χ0) is 31.7. The molecule has 0 aliphatic rings. The average molecular weight is 671 g/mol. The standard InChI is InChI=1S/C30H19BrN6O8/c1-2-43-25-12-17(11-23(37(41)42)28(25)45-27-10-8-20(16-32-27)36(39)40)15-33-35-29(34-22-6-4-3-5-21(22)30(35)38)26-14-18-13-19(31)7-9-24(18)44-26/h3-16H,2H2,1H3. The summed E-state index contributed by atoms with van der Waals surface area (Å²) >= 11 is 3.44. The van der Waals surface area contributed by atoms with Gasteiger partial charge in [-0.3, -0.25) is 25.0 Å². The van der Waals surface area contributed by atoms with Crippen LogP contribution in [0.3, 0.4) is 0 Å². The molecule has 0 unspecified atom stereocenters. The number of benzene rings is 3. The topological polar surface area (TPSA) is 178 Å². The first-order chi connectivity index (χ1) is 21.7. The van der Waals surface area contributed by atoms with E-state index in [4.69, 9.17) is 13.9 Å². The van der Waals surface area contributed by atoms with Crippen LogP contribution in [0.25, 0.3) is 33.5 Å². The molecule has 0 atom stereocenters. The van der Waals surface area contributed by atoms with Crippen molar-refractivity contribution < 1.29 is 23.7 Å². The van der Waals surface area contributed by atoms with Crippen molar-refractivity contribution in [2.24, 2.45) is 5.10 Å². The van der Waals surface area contributed by atoms with Gasteiger partial charge >= 0.3 is 5.69 Å². The number of hydrogen-bond donors (Lipinski definition) is 0. The lowest BCUT2D eigenvalue weighted by Crippen LogP contribution is -2.20. The number of rotatable bonds is 9. The third-order valence-corrected chi connectivity index (χ3v) is 6.96. The van der Waals surface area contributed by atoms with Gasteiger partial charge in [0, 0.05) is 33.6 Å². The minimum atomic E-state index is -0.678. The molecule has 0 aliphatic heterocycles. The maximum absolute atomic E-state index is 13.6. The second-order valence-electron chi connectivity index (χ2n) is 9.38. The minimum Gasteiger partial charge on any atom is -0.490 e. The second kappa shape index (κ2) is 12.0. The highest BCUT2D eigenvalue weighted by atomic mass is 79.9. The van der Waals surface area contributed by atoms with E-state index in [0.29, 0.717) is 16.5 Å². The van der Waals surface area contributed by atoms with Crippen LogP contribution in [0, 0.1) is 20.2 Å². The van der Waals surface area contributed by atoms with Crippen molar-refractivity contribution in [1.82, 2.24) is 14.6 Å². The number of ether oxygens (including phenoxy) is 2. The van der Waals surface area contributed by atoms with E-state index in [-0.39, 0.29) is 46.8 Å². The fraction of sp³-hybridized carbons (Fsp3) is 0.0667. The summed E-state index contributed by atoms with van der Waals surface area (Å²) in [7, 11) is 0. The third kappa shape index (κ3) is 5.83. The molecule has 0 amide bonds. The Morgan fingerprint density at radius 2 is 1.87 bits per heavy atom. The van der Waals surface area contributed by atoms with Gasteiger partial charge in [0.2, 0.25) is 17.5 Å². The number of pyridine rings is 1. The second-order valence-corrected chi connectivity index (χ2v) is 10.3. The van der Waals surface area contributed by atoms with Crippen molar-refractivity contribution >= 4 is 55.4 Å². The number of halogens is 1.